The van der Waals surface area contributed by atoms with E-state index < -0.39 is 0 Å². The van der Waals surface area contributed by atoms with E-state index in [-0.39, 0.29) is 5.91 Å². The van der Waals surface area contributed by atoms with Gasteiger partial charge in [-0.1, -0.05) is 11.8 Å². The third-order valence-corrected chi connectivity index (χ3v) is 3.14. The zero-order valence-electron chi connectivity index (χ0n) is 9.72. The monoisotopic (exact) mass is 262 g/mol. The van der Waals surface area contributed by atoms with Gasteiger partial charge in [0.15, 0.2) is 5.16 Å². The highest BCUT2D eigenvalue weighted by molar-refractivity contribution is 7.99. The number of H-pyrrole nitrogens is 1. The summed E-state index contributed by atoms with van der Waals surface area (Å²) >= 11 is 1.52. The van der Waals surface area contributed by atoms with Crippen LogP contribution >= 0.6 is 11.8 Å². The molecule has 2 aromatic rings. The molecule has 0 aliphatic carbocycles. The Balaban J connectivity index is 1.73. The van der Waals surface area contributed by atoms with E-state index in [1.54, 1.807) is 36.7 Å². The van der Waals surface area contributed by atoms with Crippen molar-refractivity contribution in [3.05, 3.63) is 36.7 Å². The van der Waals surface area contributed by atoms with Crippen molar-refractivity contribution >= 4 is 29.0 Å². The lowest BCUT2D eigenvalue weighted by molar-refractivity contribution is -0.115. The van der Waals surface area contributed by atoms with Crippen molar-refractivity contribution in [2.75, 3.05) is 16.8 Å². The molecule has 0 spiro atoms. The molecule has 0 saturated heterocycles. The van der Waals surface area contributed by atoms with Crippen LogP contribution in [0, 0.1) is 0 Å². The standard InChI is InChI=1S/C12H14N4OS/c13-9-1-3-10(4-2-9)16-11(17)5-8-18-12-14-6-7-15-12/h1-4,6-7H,5,8,13H2,(H,14,15)(H,16,17). The minimum Gasteiger partial charge on any atom is -0.399 e. The summed E-state index contributed by atoms with van der Waals surface area (Å²) in [5.41, 5.74) is 7.01. The van der Waals surface area contributed by atoms with E-state index in [1.165, 1.54) is 11.8 Å². The highest BCUT2D eigenvalue weighted by Gasteiger charge is 2.03. The Labute approximate surface area is 109 Å². The summed E-state index contributed by atoms with van der Waals surface area (Å²) in [7, 11) is 0. The van der Waals surface area contributed by atoms with Gasteiger partial charge in [0.05, 0.1) is 0 Å². The average Bonchev–Trinajstić information content (AvgIpc) is 2.85. The molecule has 94 valence electrons. The molecule has 0 aliphatic heterocycles. The molecule has 0 bridgehead atoms. The Morgan fingerprint density at radius 2 is 2.17 bits per heavy atom. The number of anilines is 2. The molecule has 1 aromatic heterocycles. The van der Waals surface area contributed by atoms with E-state index in [1.807, 2.05) is 0 Å². The van der Waals surface area contributed by atoms with E-state index in [9.17, 15) is 4.79 Å². The van der Waals surface area contributed by atoms with Gasteiger partial charge < -0.3 is 16.0 Å². The Kier molecular flexibility index (Phi) is 4.25. The van der Waals surface area contributed by atoms with Gasteiger partial charge in [-0.15, -0.1) is 0 Å². The molecule has 0 unspecified atom stereocenters. The Bertz CT molecular complexity index is 495. The fraction of sp³-hybridized carbons (Fsp3) is 0.167. The van der Waals surface area contributed by atoms with Crippen LogP contribution in [0.1, 0.15) is 6.42 Å². The molecule has 0 radical (unpaired) electrons. The normalized spacial score (nSPS) is 10.2. The van der Waals surface area contributed by atoms with E-state index in [0.29, 0.717) is 17.9 Å². The van der Waals surface area contributed by atoms with E-state index in [2.05, 4.69) is 15.3 Å². The highest BCUT2D eigenvalue weighted by Crippen LogP contribution is 2.14. The number of aromatic nitrogens is 2. The molecule has 2 rings (SSSR count). The summed E-state index contributed by atoms with van der Waals surface area (Å²) in [6.45, 7) is 0. The van der Waals surface area contributed by atoms with Gasteiger partial charge in [0, 0.05) is 35.9 Å². The number of thioether (sulfide) groups is 1. The molecule has 1 heterocycles. The van der Waals surface area contributed by atoms with Crippen molar-refractivity contribution in [1.29, 1.82) is 0 Å². The summed E-state index contributed by atoms with van der Waals surface area (Å²) in [5, 5.41) is 3.64. The summed E-state index contributed by atoms with van der Waals surface area (Å²) < 4.78 is 0. The van der Waals surface area contributed by atoms with Gasteiger partial charge in [0.25, 0.3) is 0 Å². The van der Waals surface area contributed by atoms with E-state index in [4.69, 9.17) is 5.73 Å². The zero-order valence-corrected chi connectivity index (χ0v) is 10.5. The molecule has 1 aromatic carbocycles. The SMILES string of the molecule is Nc1ccc(NC(=O)CCSc2ncc[nH]2)cc1. The maximum Gasteiger partial charge on any atom is 0.225 e. The number of hydrogen-bond donors (Lipinski definition) is 3. The second-order valence-electron chi connectivity index (χ2n) is 3.66. The average molecular weight is 262 g/mol. The van der Waals surface area contributed by atoms with Crippen molar-refractivity contribution in [2.45, 2.75) is 11.6 Å². The number of carbonyl (C=O) groups is 1. The van der Waals surface area contributed by atoms with Crippen LogP contribution in [-0.2, 0) is 4.79 Å². The Morgan fingerprint density at radius 3 is 2.83 bits per heavy atom. The van der Waals surface area contributed by atoms with Crippen LogP contribution < -0.4 is 11.1 Å². The largest absolute Gasteiger partial charge is 0.399 e. The lowest BCUT2D eigenvalue weighted by Gasteiger charge is -2.04. The minimum atomic E-state index is -0.0150. The number of aromatic amines is 1. The lowest BCUT2D eigenvalue weighted by Crippen LogP contribution is -2.12. The van der Waals surface area contributed by atoms with Crippen LogP contribution in [0.2, 0.25) is 0 Å². The van der Waals surface area contributed by atoms with E-state index >= 15 is 0 Å². The Morgan fingerprint density at radius 1 is 1.39 bits per heavy atom. The molecule has 0 aliphatic rings. The van der Waals surface area contributed by atoms with Gasteiger partial charge in [0.1, 0.15) is 0 Å². The first kappa shape index (κ1) is 12.5. The predicted molar refractivity (Wildman–Crippen MR) is 73.4 cm³/mol. The number of hydrogen-bond acceptors (Lipinski definition) is 4. The maximum atomic E-state index is 11.6. The van der Waals surface area contributed by atoms with Gasteiger partial charge in [0.2, 0.25) is 5.91 Å². The van der Waals surface area contributed by atoms with Crippen LogP contribution in [0.25, 0.3) is 0 Å². The number of nitrogens with one attached hydrogen (secondary N) is 2. The number of imidazole rings is 1. The third kappa shape index (κ3) is 3.81. The van der Waals surface area contributed by atoms with Crippen LogP contribution in [0.5, 0.6) is 0 Å². The zero-order chi connectivity index (χ0) is 12.8. The number of nitrogens with two attached hydrogens (primary N) is 1. The van der Waals surface area contributed by atoms with Gasteiger partial charge in [-0.2, -0.15) is 0 Å². The van der Waals surface area contributed by atoms with Crippen molar-refractivity contribution in [1.82, 2.24) is 9.97 Å². The van der Waals surface area contributed by atoms with Crippen molar-refractivity contribution in [3.63, 3.8) is 0 Å². The molecule has 0 atom stereocenters. The first-order valence-corrected chi connectivity index (χ1v) is 6.50. The third-order valence-electron chi connectivity index (χ3n) is 2.24. The summed E-state index contributed by atoms with van der Waals surface area (Å²) in [5.74, 6) is 0.674. The quantitative estimate of drug-likeness (QED) is 0.569. The first-order valence-electron chi connectivity index (χ1n) is 5.51. The van der Waals surface area contributed by atoms with Crippen LogP contribution in [0.4, 0.5) is 11.4 Å². The van der Waals surface area contributed by atoms with Crippen molar-refractivity contribution < 1.29 is 4.79 Å². The van der Waals surface area contributed by atoms with Gasteiger partial charge in [-0.05, 0) is 24.3 Å². The fourth-order valence-electron chi connectivity index (χ4n) is 1.36. The molecule has 0 saturated carbocycles. The van der Waals surface area contributed by atoms with Crippen LogP contribution in [0.15, 0.2) is 41.8 Å². The van der Waals surface area contributed by atoms with Gasteiger partial charge in [-0.25, -0.2) is 4.98 Å². The van der Waals surface area contributed by atoms with Crippen molar-refractivity contribution in [2.24, 2.45) is 0 Å². The first-order chi connectivity index (χ1) is 8.74. The topological polar surface area (TPSA) is 83.8 Å². The Hall–Kier alpha value is -1.95. The van der Waals surface area contributed by atoms with E-state index in [0.717, 1.165) is 10.8 Å². The number of benzene rings is 1. The second kappa shape index (κ2) is 6.11. The smallest absolute Gasteiger partial charge is 0.225 e. The summed E-state index contributed by atoms with van der Waals surface area (Å²) in [6, 6.07) is 7.08. The molecular formula is C12H14N4OS. The minimum absolute atomic E-state index is 0.0150. The molecule has 6 heteroatoms. The molecule has 18 heavy (non-hydrogen) atoms. The molecule has 0 fully saturated rings. The van der Waals surface area contributed by atoms with Gasteiger partial charge in [-0.3, -0.25) is 4.79 Å². The summed E-state index contributed by atoms with van der Waals surface area (Å²) in [4.78, 5) is 18.7. The molecule has 1 amide bonds. The fourth-order valence-corrected chi connectivity index (χ4v) is 2.13. The van der Waals surface area contributed by atoms with Crippen molar-refractivity contribution in [3.8, 4) is 0 Å². The second-order valence-corrected chi connectivity index (χ2v) is 4.75. The summed E-state index contributed by atoms with van der Waals surface area (Å²) in [6.07, 6.45) is 3.89. The highest BCUT2D eigenvalue weighted by atomic mass is 32.2. The maximum absolute atomic E-state index is 11.6. The predicted octanol–water partition coefficient (Wildman–Crippen LogP) is 2.11. The number of amides is 1. The number of rotatable bonds is 5. The number of carbonyl (C=O) groups excluding carboxylic acids is 1. The molecular weight excluding hydrogens is 248 g/mol. The molecule has 4 N–H and O–H groups in total. The van der Waals surface area contributed by atoms with Crippen LogP contribution in [0.3, 0.4) is 0 Å². The lowest BCUT2D eigenvalue weighted by atomic mass is 10.3. The molecule has 5 nitrogen and oxygen atoms in total. The van der Waals surface area contributed by atoms with Gasteiger partial charge >= 0.3 is 0 Å². The number of nitrogen functional groups attached to an aromatic ring is 1. The number of nitrogens with zero attached hydrogens (tertiary/aromatic N) is 1. The van der Waals surface area contributed by atoms with Crippen LogP contribution in [-0.4, -0.2) is 21.6 Å².